The maximum absolute atomic E-state index is 13.6. The summed E-state index contributed by atoms with van der Waals surface area (Å²) < 4.78 is 10.1. The molecule has 0 spiro atoms. The zero-order valence-electron chi connectivity index (χ0n) is 23.7. The molecule has 0 radical (unpaired) electrons. The van der Waals surface area contributed by atoms with E-state index in [9.17, 15) is 23.3 Å². The molecule has 4 amide bonds. The van der Waals surface area contributed by atoms with E-state index in [-0.39, 0.29) is 29.1 Å². The number of hydrogen-bond acceptors (Lipinski definition) is 5. The summed E-state index contributed by atoms with van der Waals surface area (Å²) in [6.45, 7) is 8.75. The SMILES string of the molecule is Cc1ccc(NC(=O)NC2CCN(C(=O)[C@@H](NC(=O)[C@@H](CC3CCCC3)C[As](O)C=O)C(C)(C)C)CC2)cc1. The van der Waals surface area contributed by atoms with Gasteiger partial charge in [-0.1, -0.05) is 17.7 Å². The number of piperidine rings is 1. The van der Waals surface area contributed by atoms with Crippen molar-refractivity contribution in [1.29, 1.82) is 0 Å². The van der Waals surface area contributed by atoms with E-state index in [1.165, 1.54) is 0 Å². The molecule has 3 rings (SSSR count). The second-order valence-electron chi connectivity index (χ2n) is 12.2. The second-order valence-corrected chi connectivity index (χ2v) is 15.2. The summed E-state index contributed by atoms with van der Waals surface area (Å²) >= 11 is -2.69. The number of rotatable bonds is 10. The van der Waals surface area contributed by atoms with Gasteiger partial charge in [-0.25, -0.2) is 4.79 Å². The molecule has 2 aliphatic rings. The van der Waals surface area contributed by atoms with Crippen molar-refractivity contribution in [3.05, 3.63) is 29.8 Å². The van der Waals surface area contributed by atoms with Crippen LogP contribution in [0.3, 0.4) is 0 Å². The van der Waals surface area contributed by atoms with Crippen molar-refractivity contribution in [2.45, 2.75) is 89.9 Å². The Morgan fingerprint density at radius 2 is 1.69 bits per heavy atom. The van der Waals surface area contributed by atoms with E-state index in [0.29, 0.717) is 43.3 Å². The molecule has 4 N–H and O–H groups in total. The third-order valence-corrected chi connectivity index (χ3v) is 10.1. The molecule has 1 unspecified atom stereocenters. The predicted molar refractivity (Wildman–Crippen MR) is 154 cm³/mol. The molecule has 1 aromatic carbocycles. The monoisotopic (exact) mass is 604 g/mol. The van der Waals surface area contributed by atoms with E-state index in [0.717, 1.165) is 36.9 Å². The van der Waals surface area contributed by atoms with Crippen LogP contribution in [0.5, 0.6) is 0 Å². The van der Waals surface area contributed by atoms with Gasteiger partial charge in [0.15, 0.2) is 0 Å². The molecule has 1 aliphatic heterocycles. The van der Waals surface area contributed by atoms with Gasteiger partial charge in [0.05, 0.1) is 0 Å². The average molecular weight is 605 g/mol. The zero-order chi connectivity index (χ0) is 28.6. The van der Waals surface area contributed by atoms with Crippen LogP contribution in [0, 0.1) is 24.2 Å². The first-order valence-corrected chi connectivity index (χ1v) is 17.4. The van der Waals surface area contributed by atoms with E-state index < -0.39 is 32.4 Å². The summed E-state index contributed by atoms with van der Waals surface area (Å²) in [4.78, 5) is 52.5. The Labute approximate surface area is 237 Å². The van der Waals surface area contributed by atoms with Gasteiger partial charge in [0, 0.05) is 5.69 Å². The van der Waals surface area contributed by atoms with E-state index >= 15 is 0 Å². The quantitative estimate of drug-likeness (QED) is 0.240. The Morgan fingerprint density at radius 3 is 2.26 bits per heavy atom. The summed E-state index contributed by atoms with van der Waals surface area (Å²) in [6, 6.07) is 6.56. The number of hydrogen-bond donors (Lipinski definition) is 4. The van der Waals surface area contributed by atoms with Crippen LogP contribution >= 0.6 is 0 Å². The number of likely N-dealkylation sites (tertiary alicyclic amines) is 1. The summed E-state index contributed by atoms with van der Waals surface area (Å²) in [5.74, 6) is -0.405. The Hall–Kier alpha value is -2.38. The van der Waals surface area contributed by atoms with Crippen molar-refractivity contribution in [3.63, 3.8) is 0 Å². The number of carbonyl (C=O) groups is 4. The predicted octanol–water partition coefficient (Wildman–Crippen LogP) is 3.59. The summed E-state index contributed by atoms with van der Waals surface area (Å²) in [6.07, 6.45) is 6.33. The molecule has 1 saturated heterocycles. The van der Waals surface area contributed by atoms with Crippen molar-refractivity contribution in [3.8, 4) is 0 Å². The van der Waals surface area contributed by atoms with Crippen LogP contribution < -0.4 is 16.0 Å². The van der Waals surface area contributed by atoms with Gasteiger partial charge in [-0.3, -0.25) is 0 Å². The fourth-order valence-corrected chi connectivity index (χ4v) is 7.30. The first-order valence-electron chi connectivity index (χ1n) is 14.1. The van der Waals surface area contributed by atoms with Gasteiger partial charge in [0.1, 0.15) is 0 Å². The van der Waals surface area contributed by atoms with Gasteiger partial charge in [0.25, 0.3) is 0 Å². The number of nitrogens with zero attached hydrogens (tertiary/aromatic N) is 1. The van der Waals surface area contributed by atoms with Gasteiger partial charge >= 0.3 is 185 Å². The van der Waals surface area contributed by atoms with Gasteiger partial charge < -0.3 is 5.32 Å². The minimum Gasteiger partial charge on any atom is -0.0573 e. The molecular weight excluding hydrogens is 559 g/mol. The number of benzene rings is 1. The van der Waals surface area contributed by atoms with Gasteiger partial charge in [-0.15, -0.1) is 0 Å². The number of urea groups is 1. The van der Waals surface area contributed by atoms with Crippen molar-refractivity contribution in [1.82, 2.24) is 15.5 Å². The molecule has 1 heterocycles. The van der Waals surface area contributed by atoms with Crippen molar-refractivity contribution in [2.24, 2.45) is 17.3 Å². The molecule has 0 bridgehead atoms. The minimum atomic E-state index is -2.69. The standard InChI is InChI=1S/C29H45AsN4O5/c1-20-9-11-23(12-10-20)31-28(38)32-24-13-15-34(16-14-24)27(37)25(29(2,3)4)33-26(36)22(18-30(39)19-35)17-21-7-5-6-8-21/h9-12,19,21-22,24-25,39H,5-8,13-18H2,1-4H3,(H,33,36)(H2,31,32,38)/t22-,25+,30?/m0/s1. The third kappa shape index (κ3) is 9.64. The molecule has 3 atom stereocenters. The van der Waals surface area contributed by atoms with Crippen LogP contribution in [0.1, 0.15) is 71.3 Å². The summed E-state index contributed by atoms with van der Waals surface area (Å²) in [5.41, 5.74) is 1.33. The van der Waals surface area contributed by atoms with Crippen LogP contribution in [0.25, 0.3) is 0 Å². The maximum Gasteiger partial charge on any atom is -0.0382 e. The average Bonchev–Trinajstić information content (AvgIpc) is 3.40. The topological polar surface area (TPSA) is 128 Å². The maximum atomic E-state index is 13.6. The molecule has 1 aromatic rings. The smallest absolute Gasteiger partial charge is 0.0382 e. The van der Waals surface area contributed by atoms with Gasteiger partial charge in [0.2, 0.25) is 0 Å². The zero-order valence-corrected chi connectivity index (χ0v) is 25.6. The second kappa shape index (κ2) is 14.3. The van der Waals surface area contributed by atoms with Crippen LogP contribution in [0.4, 0.5) is 10.5 Å². The summed E-state index contributed by atoms with van der Waals surface area (Å²) in [7, 11) is 0. The van der Waals surface area contributed by atoms with Crippen LogP contribution in [0.2, 0.25) is 5.21 Å². The van der Waals surface area contributed by atoms with E-state index in [2.05, 4.69) is 16.0 Å². The van der Waals surface area contributed by atoms with Crippen LogP contribution in [-0.4, -0.2) is 72.1 Å². The molecule has 1 aliphatic carbocycles. The first kappa shape index (κ1) is 31.2. The molecular formula is C29H45AsN4O5. The van der Waals surface area contributed by atoms with E-state index in [1.54, 1.807) is 4.90 Å². The number of amides is 4. The minimum absolute atomic E-state index is 0.0481. The molecule has 216 valence electrons. The number of carbonyl (C=O) groups excluding carboxylic acids is 4. The van der Waals surface area contributed by atoms with Crippen molar-refractivity contribution in [2.75, 3.05) is 18.4 Å². The fourth-order valence-electron chi connectivity index (χ4n) is 5.51. The molecule has 1 saturated carbocycles. The fraction of sp³-hybridized carbons (Fsp3) is 0.655. The third-order valence-electron chi connectivity index (χ3n) is 7.84. The van der Waals surface area contributed by atoms with Crippen LogP contribution in [-0.2, 0) is 14.4 Å². The molecule has 39 heavy (non-hydrogen) atoms. The van der Waals surface area contributed by atoms with Crippen LogP contribution in [0.15, 0.2) is 24.3 Å². The van der Waals surface area contributed by atoms with Gasteiger partial charge in [-0.2, -0.15) is 0 Å². The molecule has 9 nitrogen and oxygen atoms in total. The molecule has 2 fully saturated rings. The van der Waals surface area contributed by atoms with E-state index in [1.807, 2.05) is 52.0 Å². The number of anilines is 1. The Balaban J connectivity index is 1.57. The number of aryl methyl sites for hydroxylation is 1. The Kier molecular flexibility index (Phi) is 11.4. The first-order chi connectivity index (χ1) is 18.5. The molecule has 0 aromatic heterocycles. The van der Waals surface area contributed by atoms with E-state index in [4.69, 9.17) is 0 Å². The summed E-state index contributed by atoms with van der Waals surface area (Å²) in [5, 5.41) is 9.70. The largest absolute Gasteiger partial charge is 0.0573 e. The van der Waals surface area contributed by atoms with Gasteiger partial charge in [-0.05, 0) is 19.1 Å². The normalized spacial score (nSPS) is 19.2. The van der Waals surface area contributed by atoms with Crippen molar-refractivity contribution >= 4 is 43.6 Å². The Morgan fingerprint density at radius 1 is 1.08 bits per heavy atom. The van der Waals surface area contributed by atoms with Crippen molar-refractivity contribution < 1.29 is 23.3 Å². The Bertz CT molecular complexity index is 982. The molecule has 10 heteroatoms. The number of nitrogens with one attached hydrogen (secondary N) is 3.